The summed E-state index contributed by atoms with van der Waals surface area (Å²) in [5, 5.41) is 0. The number of hydrogen-bond acceptors (Lipinski definition) is 3. The van der Waals surface area contributed by atoms with Gasteiger partial charge in [-0.3, -0.25) is 4.98 Å². The van der Waals surface area contributed by atoms with Crippen LogP contribution in [0.2, 0.25) is 0 Å². The molecule has 2 N–H and O–H groups in total. The quantitative estimate of drug-likeness (QED) is 0.924. The molecule has 94 valence electrons. The van der Waals surface area contributed by atoms with Gasteiger partial charge in [0.2, 0.25) is 0 Å². The van der Waals surface area contributed by atoms with Crippen LogP contribution < -0.4 is 10.5 Å². The molecule has 1 heterocycles. The largest absolute Gasteiger partial charge is 0.487 e. The van der Waals surface area contributed by atoms with E-state index in [9.17, 15) is 0 Å². The van der Waals surface area contributed by atoms with Gasteiger partial charge in [0, 0.05) is 10.7 Å². The van der Waals surface area contributed by atoms with Crippen molar-refractivity contribution in [3.05, 3.63) is 58.3 Å². The number of ether oxygens (including phenoxy) is 1. The van der Waals surface area contributed by atoms with E-state index in [1.54, 1.807) is 6.20 Å². The molecular formula is C14H15BrN2O. The average molecular weight is 307 g/mol. The first-order valence-electron chi connectivity index (χ1n) is 5.81. The Morgan fingerprint density at radius 1 is 1.22 bits per heavy atom. The Morgan fingerprint density at radius 3 is 2.83 bits per heavy atom. The molecule has 0 radical (unpaired) electrons. The van der Waals surface area contributed by atoms with Crippen LogP contribution in [0.3, 0.4) is 0 Å². The standard InChI is InChI=1S/C14H15BrN2O/c15-12-4-5-14(11(9-12)6-7-16)18-10-13-3-1-2-8-17-13/h1-5,8-9H,6-7,10,16H2. The Morgan fingerprint density at radius 2 is 2.11 bits per heavy atom. The highest BCUT2D eigenvalue weighted by Crippen LogP contribution is 2.24. The topological polar surface area (TPSA) is 48.1 Å². The number of halogens is 1. The molecule has 0 amide bonds. The van der Waals surface area contributed by atoms with Gasteiger partial charge in [0.25, 0.3) is 0 Å². The zero-order chi connectivity index (χ0) is 12.8. The van der Waals surface area contributed by atoms with Crippen LogP contribution in [0.1, 0.15) is 11.3 Å². The molecular weight excluding hydrogens is 292 g/mol. The summed E-state index contributed by atoms with van der Waals surface area (Å²) in [6.45, 7) is 1.08. The second kappa shape index (κ2) is 6.52. The van der Waals surface area contributed by atoms with Crippen LogP contribution in [0, 0.1) is 0 Å². The van der Waals surface area contributed by atoms with Gasteiger partial charge in [-0.25, -0.2) is 0 Å². The van der Waals surface area contributed by atoms with Crippen molar-refractivity contribution in [3.8, 4) is 5.75 Å². The summed E-state index contributed by atoms with van der Waals surface area (Å²) < 4.78 is 6.83. The molecule has 0 aliphatic rings. The van der Waals surface area contributed by atoms with Gasteiger partial charge in [-0.1, -0.05) is 22.0 Å². The lowest BCUT2D eigenvalue weighted by Gasteiger charge is -2.11. The van der Waals surface area contributed by atoms with Crippen molar-refractivity contribution in [1.29, 1.82) is 0 Å². The summed E-state index contributed by atoms with van der Waals surface area (Å²) in [5.41, 5.74) is 7.63. The van der Waals surface area contributed by atoms with E-state index in [2.05, 4.69) is 20.9 Å². The minimum absolute atomic E-state index is 0.472. The van der Waals surface area contributed by atoms with E-state index in [0.29, 0.717) is 13.2 Å². The van der Waals surface area contributed by atoms with E-state index in [-0.39, 0.29) is 0 Å². The molecule has 0 saturated carbocycles. The molecule has 1 aromatic heterocycles. The van der Waals surface area contributed by atoms with Crippen molar-refractivity contribution in [2.45, 2.75) is 13.0 Å². The molecule has 0 aliphatic heterocycles. The fraction of sp³-hybridized carbons (Fsp3) is 0.214. The molecule has 1 aromatic carbocycles. The maximum absolute atomic E-state index is 5.79. The highest BCUT2D eigenvalue weighted by molar-refractivity contribution is 9.10. The number of pyridine rings is 1. The predicted molar refractivity (Wildman–Crippen MR) is 75.5 cm³/mol. The fourth-order valence-corrected chi connectivity index (χ4v) is 2.08. The Bertz CT molecular complexity index is 502. The third-order valence-electron chi connectivity index (χ3n) is 2.54. The summed E-state index contributed by atoms with van der Waals surface area (Å²) in [6.07, 6.45) is 2.57. The third kappa shape index (κ3) is 3.55. The van der Waals surface area contributed by atoms with Crippen LogP contribution in [-0.2, 0) is 13.0 Å². The molecule has 0 spiro atoms. The molecule has 0 saturated heterocycles. The third-order valence-corrected chi connectivity index (χ3v) is 3.03. The maximum Gasteiger partial charge on any atom is 0.130 e. The first-order chi connectivity index (χ1) is 8.79. The summed E-state index contributed by atoms with van der Waals surface area (Å²) in [7, 11) is 0. The number of hydrogen-bond donors (Lipinski definition) is 1. The van der Waals surface area contributed by atoms with Gasteiger partial charge in [-0.2, -0.15) is 0 Å². The highest BCUT2D eigenvalue weighted by atomic mass is 79.9. The molecule has 0 aliphatic carbocycles. The molecule has 0 fully saturated rings. The van der Waals surface area contributed by atoms with Gasteiger partial charge in [-0.05, 0) is 48.9 Å². The molecule has 2 rings (SSSR count). The van der Waals surface area contributed by atoms with Gasteiger partial charge in [0.15, 0.2) is 0 Å². The van der Waals surface area contributed by atoms with Crippen molar-refractivity contribution >= 4 is 15.9 Å². The van der Waals surface area contributed by atoms with Gasteiger partial charge >= 0.3 is 0 Å². The first-order valence-corrected chi connectivity index (χ1v) is 6.60. The van der Waals surface area contributed by atoms with Crippen molar-refractivity contribution < 1.29 is 4.74 Å². The van der Waals surface area contributed by atoms with Crippen molar-refractivity contribution in [2.24, 2.45) is 5.73 Å². The average Bonchev–Trinajstić information content (AvgIpc) is 2.39. The summed E-state index contributed by atoms with van der Waals surface area (Å²) >= 11 is 3.45. The molecule has 2 aromatic rings. The van der Waals surface area contributed by atoms with Crippen LogP contribution in [0.15, 0.2) is 47.1 Å². The summed E-state index contributed by atoms with van der Waals surface area (Å²) in [4.78, 5) is 4.23. The van der Waals surface area contributed by atoms with Crippen LogP contribution in [0.5, 0.6) is 5.75 Å². The number of rotatable bonds is 5. The lowest BCUT2D eigenvalue weighted by Crippen LogP contribution is -2.06. The molecule has 0 atom stereocenters. The summed E-state index contributed by atoms with van der Waals surface area (Å²) in [6, 6.07) is 11.8. The molecule has 18 heavy (non-hydrogen) atoms. The zero-order valence-electron chi connectivity index (χ0n) is 9.97. The van der Waals surface area contributed by atoms with Crippen molar-refractivity contribution in [3.63, 3.8) is 0 Å². The van der Waals surface area contributed by atoms with E-state index in [1.807, 2.05) is 36.4 Å². The summed E-state index contributed by atoms with van der Waals surface area (Å²) in [5.74, 6) is 0.870. The SMILES string of the molecule is NCCc1cc(Br)ccc1OCc1ccccn1. The van der Waals surface area contributed by atoms with Crippen molar-refractivity contribution in [2.75, 3.05) is 6.54 Å². The molecule has 0 bridgehead atoms. The molecule has 0 unspecified atom stereocenters. The van der Waals surface area contributed by atoms with Gasteiger partial charge in [0.05, 0.1) is 5.69 Å². The first kappa shape index (κ1) is 13.1. The lowest BCUT2D eigenvalue weighted by atomic mass is 10.1. The predicted octanol–water partition coefficient (Wildman–Crippen LogP) is 2.92. The minimum atomic E-state index is 0.472. The van der Waals surface area contributed by atoms with Gasteiger partial charge in [0.1, 0.15) is 12.4 Å². The van der Waals surface area contributed by atoms with Crippen LogP contribution >= 0.6 is 15.9 Å². The Labute approximate surface area is 115 Å². The number of benzene rings is 1. The highest BCUT2D eigenvalue weighted by Gasteiger charge is 2.04. The fourth-order valence-electron chi connectivity index (χ4n) is 1.67. The normalized spacial score (nSPS) is 10.3. The second-order valence-electron chi connectivity index (χ2n) is 3.90. The number of aromatic nitrogens is 1. The Hall–Kier alpha value is -1.39. The van der Waals surface area contributed by atoms with Crippen molar-refractivity contribution in [1.82, 2.24) is 4.98 Å². The molecule has 4 heteroatoms. The lowest BCUT2D eigenvalue weighted by molar-refractivity contribution is 0.298. The molecule has 3 nitrogen and oxygen atoms in total. The number of nitrogens with zero attached hydrogens (tertiary/aromatic N) is 1. The number of nitrogens with two attached hydrogens (primary N) is 1. The smallest absolute Gasteiger partial charge is 0.130 e. The monoisotopic (exact) mass is 306 g/mol. The van der Waals surface area contributed by atoms with E-state index >= 15 is 0 Å². The van der Waals surface area contributed by atoms with E-state index < -0.39 is 0 Å². The maximum atomic E-state index is 5.79. The van der Waals surface area contributed by atoms with E-state index in [0.717, 1.165) is 27.9 Å². The Balaban J connectivity index is 2.09. The minimum Gasteiger partial charge on any atom is -0.487 e. The van der Waals surface area contributed by atoms with Crippen LogP contribution in [-0.4, -0.2) is 11.5 Å². The van der Waals surface area contributed by atoms with E-state index in [1.165, 1.54) is 0 Å². The van der Waals surface area contributed by atoms with Gasteiger partial charge < -0.3 is 10.5 Å². The zero-order valence-corrected chi connectivity index (χ0v) is 11.6. The van der Waals surface area contributed by atoms with E-state index in [4.69, 9.17) is 10.5 Å². The second-order valence-corrected chi connectivity index (χ2v) is 4.82. The Kier molecular flexibility index (Phi) is 4.73. The van der Waals surface area contributed by atoms with Crippen LogP contribution in [0.25, 0.3) is 0 Å². The van der Waals surface area contributed by atoms with Crippen LogP contribution in [0.4, 0.5) is 0 Å². The van der Waals surface area contributed by atoms with Gasteiger partial charge in [-0.15, -0.1) is 0 Å².